The highest BCUT2D eigenvalue weighted by Gasteiger charge is 2.28. The first-order chi connectivity index (χ1) is 8.89. The molecule has 0 spiro atoms. The molecule has 0 amide bonds. The zero-order valence-corrected chi connectivity index (χ0v) is 11.4. The molecule has 0 aromatic heterocycles. The fourth-order valence-electron chi connectivity index (χ4n) is 2.12. The maximum absolute atomic E-state index is 11.4. The van der Waals surface area contributed by atoms with Gasteiger partial charge in [0, 0.05) is 31.6 Å². The molecule has 2 rings (SSSR count). The molecule has 0 aliphatic carbocycles. The van der Waals surface area contributed by atoms with Gasteiger partial charge in [-0.3, -0.25) is 0 Å². The van der Waals surface area contributed by atoms with E-state index in [0.29, 0.717) is 19.6 Å². The lowest BCUT2D eigenvalue weighted by Gasteiger charge is -2.35. The number of nitrogens with one attached hydrogen (secondary N) is 1. The number of benzene rings is 1. The molecular weight excluding hydrogens is 268 g/mol. The number of carboxylic acids is 1. The molecule has 104 valence electrons. The predicted molar refractivity (Wildman–Crippen MR) is 71.2 cm³/mol. The van der Waals surface area contributed by atoms with Crippen LogP contribution in [0.2, 0.25) is 0 Å². The molecule has 1 aliphatic rings. The third-order valence-electron chi connectivity index (χ3n) is 3.12. The van der Waals surface area contributed by atoms with Gasteiger partial charge in [-0.05, 0) is 24.3 Å². The Morgan fingerprint density at radius 2 is 2.00 bits per heavy atom. The van der Waals surface area contributed by atoms with E-state index < -0.39 is 21.8 Å². The zero-order chi connectivity index (χ0) is 14.0. The summed E-state index contributed by atoms with van der Waals surface area (Å²) in [4.78, 5) is 13.2. The number of sulfone groups is 1. The van der Waals surface area contributed by atoms with Gasteiger partial charge in [0.25, 0.3) is 0 Å². The van der Waals surface area contributed by atoms with E-state index in [1.807, 2.05) is 0 Å². The van der Waals surface area contributed by atoms with E-state index in [1.54, 1.807) is 17.0 Å². The molecule has 2 N–H and O–H groups in total. The van der Waals surface area contributed by atoms with Crippen molar-refractivity contribution in [2.24, 2.45) is 0 Å². The number of carboxylic acid groups (broad SMARTS) is 1. The maximum atomic E-state index is 11.4. The Bertz CT molecular complexity index is 568. The van der Waals surface area contributed by atoms with Gasteiger partial charge >= 0.3 is 5.97 Å². The van der Waals surface area contributed by atoms with E-state index in [1.165, 1.54) is 12.1 Å². The van der Waals surface area contributed by atoms with E-state index in [-0.39, 0.29) is 4.90 Å². The van der Waals surface area contributed by atoms with Gasteiger partial charge in [0.05, 0.1) is 4.90 Å². The van der Waals surface area contributed by atoms with Crippen LogP contribution < -0.4 is 10.2 Å². The largest absolute Gasteiger partial charge is 0.480 e. The second-order valence-corrected chi connectivity index (χ2v) is 6.53. The van der Waals surface area contributed by atoms with Crippen molar-refractivity contribution in [1.29, 1.82) is 0 Å². The zero-order valence-electron chi connectivity index (χ0n) is 10.5. The first kappa shape index (κ1) is 13.8. The third-order valence-corrected chi connectivity index (χ3v) is 4.25. The molecule has 6 nitrogen and oxygen atoms in total. The van der Waals surface area contributed by atoms with Gasteiger partial charge in [-0.15, -0.1) is 0 Å². The van der Waals surface area contributed by atoms with Crippen LogP contribution in [0.15, 0.2) is 29.2 Å². The summed E-state index contributed by atoms with van der Waals surface area (Å²) in [7, 11) is -3.23. The molecule has 1 fully saturated rings. The molecule has 1 unspecified atom stereocenters. The molecule has 1 aliphatic heterocycles. The monoisotopic (exact) mass is 284 g/mol. The predicted octanol–water partition coefficient (Wildman–Crippen LogP) is -0.0471. The summed E-state index contributed by atoms with van der Waals surface area (Å²) in [6.45, 7) is 1.66. The van der Waals surface area contributed by atoms with Crippen molar-refractivity contribution >= 4 is 21.5 Å². The van der Waals surface area contributed by atoms with Crippen molar-refractivity contribution in [3.05, 3.63) is 24.3 Å². The molecule has 1 atom stereocenters. The van der Waals surface area contributed by atoms with Crippen LogP contribution in [0.4, 0.5) is 5.69 Å². The van der Waals surface area contributed by atoms with E-state index in [2.05, 4.69) is 5.32 Å². The lowest BCUT2D eigenvalue weighted by Crippen LogP contribution is -2.55. The number of nitrogens with zero attached hydrogens (tertiary/aromatic N) is 1. The van der Waals surface area contributed by atoms with Crippen LogP contribution in [0.25, 0.3) is 0 Å². The summed E-state index contributed by atoms with van der Waals surface area (Å²) in [6.07, 6.45) is 1.15. The summed E-state index contributed by atoms with van der Waals surface area (Å²) in [5.74, 6) is -0.889. The van der Waals surface area contributed by atoms with Crippen molar-refractivity contribution in [2.45, 2.75) is 10.9 Å². The fraction of sp³-hybridized carbons (Fsp3) is 0.417. The number of rotatable bonds is 3. The summed E-state index contributed by atoms with van der Waals surface area (Å²) in [5.41, 5.74) is 0.723. The lowest BCUT2D eigenvalue weighted by molar-refractivity contribution is -0.138. The van der Waals surface area contributed by atoms with E-state index in [4.69, 9.17) is 0 Å². The summed E-state index contributed by atoms with van der Waals surface area (Å²) >= 11 is 0. The quantitative estimate of drug-likeness (QED) is 0.809. The average molecular weight is 284 g/mol. The molecule has 0 bridgehead atoms. The average Bonchev–Trinajstić information content (AvgIpc) is 2.38. The molecule has 19 heavy (non-hydrogen) atoms. The summed E-state index contributed by atoms with van der Waals surface area (Å²) < 4.78 is 22.8. The van der Waals surface area contributed by atoms with Gasteiger partial charge in [-0.2, -0.15) is 0 Å². The van der Waals surface area contributed by atoms with E-state index in [0.717, 1.165) is 11.9 Å². The van der Waals surface area contributed by atoms with Gasteiger partial charge in [-0.25, -0.2) is 13.2 Å². The van der Waals surface area contributed by atoms with Crippen molar-refractivity contribution in [2.75, 3.05) is 30.8 Å². The van der Waals surface area contributed by atoms with Crippen LogP contribution in [0.1, 0.15) is 0 Å². The third kappa shape index (κ3) is 3.05. The highest BCUT2D eigenvalue weighted by Crippen LogP contribution is 2.21. The molecule has 1 heterocycles. The molecule has 0 radical (unpaired) electrons. The minimum atomic E-state index is -3.23. The van der Waals surface area contributed by atoms with Gasteiger partial charge in [0.2, 0.25) is 0 Å². The Labute approximate surface area is 112 Å². The van der Waals surface area contributed by atoms with Crippen LogP contribution in [-0.4, -0.2) is 51.4 Å². The van der Waals surface area contributed by atoms with Gasteiger partial charge in [0.15, 0.2) is 9.84 Å². The number of hydrogen-bond donors (Lipinski definition) is 2. The van der Waals surface area contributed by atoms with E-state index >= 15 is 0 Å². The van der Waals surface area contributed by atoms with Crippen LogP contribution in [0.3, 0.4) is 0 Å². The van der Waals surface area contributed by atoms with Crippen molar-refractivity contribution in [3.63, 3.8) is 0 Å². The SMILES string of the molecule is CS(=O)(=O)c1ccc(N2CCNCC2C(=O)O)cc1. The first-order valence-corrected chi connectivity index (χ1v) is 7.79. The normalized spacial score (nSPS) is 20.3. The Morgan fingerprint density at radius 1 is 1.37 bits per heavy atom. The molecule has 1 saturated heterocycles. The number of anilines is 1. The Balaban J connectivity index is 2.28. The van der Waals surface area contributed by atoms with Crippen LogP contribution in [0, 0.1) is 0 Å². The standard InChI is InChI=1S/C12H16N2O4S/c1-19(17,18)10-4-2-9(3-5-10)14-7-6-13-8-11(14)12(15)16/h2-5,11,13H,6-8H2,1H3,(H,15,16). The summed E-state index contributed by atoms with van der Waals surface area (Å²) in [5, 5.41) is 12.2. The summed E-state index contributed by atoms with van der Waals surface area (Å²) in [6, 6.07) is 5.69. The first-order valence-electron chi connectivity index (χ1n) is 5.90. The maximum Gasteiger partial charge on any atom is 0.327 e. The number of hydrogen-bond acceptors (Lipinski definition) is 5. The van der Waals surface area contributed by atoms with Gasteiger partial charge in [0.1, 0.15) is 6.04 Å². The van der Waals surface area contributed by atoms with Crippen LogP contribution in [0.5, 0.6) is 0 Å². The Morgan fingerprint density at radius 3 is 2.53 bits per heavy atom. The molecule has 0 saturated carbocycles. The Hall–Kier alpha value is -1.60. The van der Waals surface area contributed by atoms with Crippen LogP contribution in [-0.2, 0) is 14.6 Å². The molecular formula is C12H16N2O4S. The van der Waals surface area contributed by atoms with Crippen LogP contribution >= 0.6 is 0 Å². The fourth-order valence-corrected chi connectivity index (χ4v) is 2.75. The molecule has 1 aromatic carbocycles. The lowest BCUT2D eigenvalue weighted by atomic mass is 10.1. The second kappa shape index (κ2) is 5.18. The van der Waals surface area contributed by atoms with Gasteiger partial charge < -0.3 is 15.3 Å². The smallest absolute Gasteiger partial charge is 0.327 e. The van der Waals surface area contributed by atoms with Crippen molar-refractivity contribution in [1.82, 2.24) is 5.32 Å². The highest BCUT2D eigenvalue weighted by molar-refractivity contribution is 7.90. The Kier molecular flexibility index (Phi) is 3.77. The molecule has 1 aromatic rings. The number of carbonyl (C=O) groups is 1. The highest BCUT2D eigenvalue weighted by atomic mass is 32.2. The van der Waals surface area contributed by atoms with Crippen molar-refractivity contribution in [3.8, 4) is 0 Å². The minimum absolute atomic E-state index is 0.234. The number of aliphatic carboxylic acids is 1. The molecule has 7 heteroatoms. The second-order valence-electron chi connectivity index (χ2n) is 4.52. The number of piperazine rings is 1. The van der Waals surface area contributed by atoms with E-state index in [9.17, 15) is 18.3 Å². The van der Waals surface area contributed by atoms with Crippen molar-refractivity contribution < 1.29 is 18.3 Å². The minimum Gasteiger partial charge on any atom is -0.480 e. The topological polar surface area (TPSA) is 86.7 Å². The van der Waals surface area contributed by atoms with Gasteiger partial charge in [-0.1, -0.05) is 0 Å².